The van der Waals surface area contributed by atoms with Crippen molar-refractivity contribution in [3.8, 4) is 0 Å². The van der Waals surface area contributed by atoms with Gasteiger partial charge in [-0.15, -0.1) is 5.10 Å². The molecule has 21 heavy (non-hydrogen) atoms. The molecule has 6 nitrogen and oxygen atoms in total. The minimum Gasteiger partial charge on any atom is -0.481 e. The van der Waals surface area contributed by atoms with Crippen LogP contribution in [0.2, 0.25) is 0 Å². The largest absolute Gasteiger partial charge is 0.481 e. The normalized spacial score (nSPS) is 28.6. The molecule has 114 valence electrons. The Morgan fingerprint density at radius 3 is 2.81 bits per heavy atom. The molecule has 0 bridgehead atoms. The predicted molar refractivity (Wildman–Crippen MR) is 83.4 cm³/mol. The quantitative estimate of drug-likeness (QED) is 0.782. The Kier molecular flexibility index (Phi) is 4.51. The first-order chi connectivity index (χ1) is 9.75. The highest BCUT2D eigenvalue weighted by Crippen LogP contribution is 2.33. The lowest BCUT2D eigenvalue weighted by Gasteiger charge is -2.28. The van der Waals surface area contributed by atoms with Gasteiger partial charge in [-0.25, -0.2) is 0 Å². The van der Waals surface area contributed by atoms with Crippen molar-refractivity contribution in [3.63, 3.8) is 0 Å². The van der Waals surface area contributed by atoms with Crippen molar-refractivity contribution in [2.75, 3.05) is 0 Å². The number of rotatable bonds is 3. The van der Waals surface area contributed by atoms with E-state index in [1.165, 1.54) is 5.57 Å². The summed E-state index contributed by atoms with van der Waals surface area (Å²) in [6.45, 7) is 6.43. The lowest BCUT2D eigenvalue weighted by molar-refractivity contribution is -0.138. The molecule has 1 saturated heterocycles. The Balaban J connectivity index is 2.08. The zero-order chi connectivity index (χ0) is 15.6. The number of amides is 1. The fourth-order valence-corrected chi connectivity index (χ4v) is 3.52. The summed E-state index contributed by atoms with van der Waals surface area (Å²) in [5, 5.41) is 19.3. The highest BCUT2D eigenvalue weighted by Gasteiger charge is 2.32. The van der Waals surface area contributed by atoms with E-state index in [9.17, 15) is 9.59 Å². The summed E-state index contributed by atoms with van der Waals surface area (Å²) in [7, 11) is 0. The summed E-state index contributed by atoms with van der Waals surface area (Å²) in [5.74, 6) is -1.32. The summed E-state index contributed by atoms with van der Waals surface area (Å²) in [6, 6.07) is 0. The van der Waals surface area contributed by atoms with Crippen molar-refractivity contribution in [2.24, 2.45) is 15.6 Å². The Morgan fingerprint density at radius 1 is 1.48 bits per heavy atom. The smallest absolute Gasteiger partial charge is 0.305 e. The lowest BCUT2D eigenvalue weighted by atomic mass is 9.77. The van der Waals surface area contributed by atoms with Crippen molar-refractivity contribution in [3.05, 3.63) is 11.6 Å². The first kappa shape index (κ1) is 15.8. The van der Waals surface area contributed by atoms with E-state index in [0.717, 1.165) is 30.3 Å². The first-order valence-electron chi connectivity index (χ1n) is 6.76. The summed E-state index contributed by atoms with van der Waals surface area (Å²) in [5.41, 5.74) is 2.31. The van der Waals surface area contributed by atoms with Gasteiger partial charge in [0.15, 0.2) is 5.17 Å². The van der Waals surface area contributed by atoms with E-state index in [-0.39, 0.29) is 17.7 Å². The second-order valence-corrected chi connectivity index (χ2v) is 7.39. The summed E-state index contributed by atoms with van der Waals surface area (Å²) in [6.07, 6.45) is 3.68. The summed E-state index contributed by atoms with van der Waals surface area (Å²) >= 11 is 1.12. The number of amidine groups is 1. The Hall–Kier alpha value is -1.63. The molecule has 0 spiro atoms. The predicted octanol–water partition coefficient (Wildman–Crippen LogP) is 2.17. The van der Waals surface area contributed by atoms with E-state index in [0.29, 0.717) is 5.17 Å². The van der Waals surface area contributed by atoms with E-state index in [1.54, 1.807) is 0 Å². The van der Waals surface area contributed by atoms with Crippen LogP contribution in [0.5, 0.6) is 0 Å². The molecule has 2 N–H and O–H groups in total. The minimum absolute atomic E-state index is 0.162. The molecule has 1 aliphatic carbocycles. The van der Waals surface area contributed by atoms with Crippen LogP contribution in [0.3, 0.4) is 0 Å². The Morgan fingerprint density at radius 2 is 2.19 bits per heavy atom. The standard InChI is InChI=1S/C14H19N3O3S/c1-8-4-9(7-14(2,3)6-8)16-17-13-15-12(20)10(21-13)5-11(18)19/h4,10H,5-7H2,1-3H3,(H,18,19)(H,15,17,20)/b16-9+/t10-/m0/s1. The van der Waals surface area contributed by atoms with Crippen LogP contribution >= 0.6 is 11.8 Å². The monoisotopic (exact) mass is 309 g/mol. The maximum atomic E-state index is 11.6. The molecule has 1 amide bonds. The van der Waals surface area contributed by atoms with Gasteiger partial charge in [0.05, 0.1) is 12.1 Å². The third-order valence-corrected chi connectivity index (χ3v) is 4.31. The number of allylic oxidation sites excluding steroid dienone is 2. The molecular formula is C14H19N3O3S. The molecule has 0 saturated carbocycles. The highest BCUT2D eigenvalue weighted by molar-refractivity contribution is 8.15. The van der Waals surface area contributed by atoms with Gasteiger partial charge in [-0.2, -0.15) is 5.10 Å². The third kappa shape index (κ3) is 4.42. The molecule has 0 aromatic carbocycles. The molecule has 0 unspecified atom stereocenters. The van der Waals surface area contributed by atoms with Crippen LogP contribution in [-0.4, -0.2) is 33.1 Å². The SMILES string of the molecule is CC1=C/C(=N\N=C2\NC(=O)[C@H](CC(=O)O)S2)CC(C)(C)C1. The number of carbonyl (C=O) groups is 2. The lowest BCUT2D eigenvalue weighted by Crippen LogP contribution is -2.26. The van der Waals surface area contributed by atoms with E-state index in [1.807, 2.05) is 6.08 Å². The number of carboxylic acids is 1. The fourth-order valence-electron chi connectivity index (χ4n) is 2.61. The molecule has 0 aromatic rings. The van der Waals surface area contributed by atoms with Crippen LogP contribution in [0.1, 0.15) is 40.0 Å². The van der Waals surface area contributed by atoms with Crippen LogP contribution in [-0.2, 0) is 9.59 Å². The number of aliphatic carboxylic acids is 1. The topological polar surface area (TPSA) is 91.1 Å². The second kappa shape index (κ2) is 6.01. The number of thioether (sulfide) groups is 1. The van der Waals surface area contributed by atoms with Gasteiger partial charge in [-0.3, -0.25) is 9.59 Å². The second-order valence-electron chi connectivity index (χ2n) is 6.20. The van der Waals surface area contributed by atoms with Crippen molar-refractivity contribution in [1.82, 2.24) is 5.32 Å². The Labute approximate surface area is 127 Å². The van der Waals surface area contributed by atoms with Gasteiger partial charge in [-0.1, -0.05) is 31.2 Å². The molecule has 0 aromatic heterocycles. The maximum absolute atomic E-state index is 11.6. The minimum atomic E-state index is -0.997. The summed E-state index contributed by atoms with van der Waals surface area (Å²) in [4.78, 5) is 22.2. The van der Waals surface area contributed by atoms with Gasteiger partial charge in [0.25, 0.3) is 0 Å². The van der Waals surface area contributed by atoms with E-state index < -0.39 is 11.2 Å². The van der Waals surface area contributed by atoms with Gasteiger partial charge < -0.3 is 10.4 Å². The average Bonchev–Trinajstić information content (AvgIpc) is 2.64. The average molecular weight is 309 g/mol. The number of nitrogens with one attached hydrogen (secondary N) is 1. The zero-order valence-electron chi connectivity index (χ0n) is 12.3. The number of carboxylic acid groups (broad SMARTS) is 1. The molecule has 7 heteroatoms. The maximum Gasteiger partial charge on any atom is 0.305 e. The van der Waals surface area contributed by atoms with Crippen LogP contribution in [0.4, 0.5) is 0 Å². The van der Waals surface area contributed by atoms with Gasteiger partial charge in [0.1, 0.15) is 5.25 Å². The van der Waals surface area contributed by atoms with Crippen molar-refractivity contribution < 1.29 is 14.7 Å². The highest BCUT2D eigenvalue weighted by atomic mass is 32.2. The van der Waals surface area contributed by atoms with Gasteiger partial charge in [0.2, 0.25) is 5.91 Å². The third-order valence-electron chi connectivity index (χ3n) is 3.24. The number of nitrogens with zero attached hydrogens (tertiary/aromatic N) is 2. The number of hydrogen-bond acceptors (Lipinski definition) is 5. The van der Waals surface area contributed by atoms with Crippen LogP contribution in [0.25, 0.3) is 0 Å². The fraction of sp³-hybridized carbons (Fsp3) is 0.571. The molecule has 1 atom stereocenters. The zero-order valence-corrected chi connectivity index (χ0v) is 13.2. The molecule has 0 radical (unpaired) electrons. The van der Waals surface area contributed by atoms with Crippen LogP contribution in [0.15, 0.2) is 21.9 Å². The van der Waals surface area contributed by atoms with Crippen LogP contribution < -0.4 is 5.32 Å². The molecule has 1 fully saturated rings. The van der Waals surface area contributed by atoms with E-state index in [2.05, 4.69) is 36.3 Å². The summed E-state index contributed by atoms with van der Waals surface area (Å²) < 4.78 is 0. The van der Waals surface area contributed by atoms with Gasteiger partial charge in [0, 0.05) is 0 Å². The van der Waals surface area contributed by atoms with E-state index >= 15 is 0 Å². The number of hydrogen-bond donors (Lipinski definition) is 2. The van der Waals surface area contributed by atoms with Crippen LogP contribution in [0, 0.1) is 5.41 Å². The number of carbonyl (C=O) groups excluding carboxylic acids is 1. The van der Waals surface area contributed by atoms with E-state index in [4.69, 9.17) is 5.11 Å². The van der Waals surface area contributed by atoms with Crippen molar-refractivity contribution in [1.29, 1.82) is 0 Å². The Bertz CT molecular complexity index is 564. The van der Waals surface area contributed by atoms with Crippen molar-refractivity contribution in [2.45, 2.75) is 45.3 Å². The molecule has 2 rings (SSSR count). The molecular weight excluding hydrogens is 290 g/mol. The van der Waals surface area contributed by atoms with Crippen molar-refractivity contribution >= 4 is 34.5 Å². The van der Waals surface area contributed by atoms with Gasteiger partial charge >= 0.3 is 5.97 Å². The molecule has 1 aliphatic heterocycles. The van der Waals surface area contributed by atoms with Gasteiger partial charge in [-0.05, 0) is 31.3 Å². The first-order valence-corrected chi connectivity index (χ1v) is 7.64. The molecule has 1 heterocycles. The molecule has 2 aliphatic rings.